The molecular weight excluding hydrogens is 288 g/mol. The van der Waals surface area contributed by atoms with E-state index in [0.717, 1.165) is 4.57 Å². The lowest BCUT2D eigenvalue weighted by Gasteiger charge is -2.09. The Morgan fingerprint density at radius 3 is 2.55 bits per heavy atom. The summed E-state index contributed by atoms with van der Waals surface area (Å²) >= 11 is 0. The number of carboxylic acid groups (broad SMARTS) is 1. The fourth-order valence-corrected chi connectivity index (χ4v) is 2.14. The maximum atomic E-state index is 12.4. The molecule has 114 valence electrons. The minimum Gasteiger partial charge on any atom is -0.481 e. The quantitative estimate of drug-likeness (QED) is 0.806. The first-order valence-corrected chi connectivity index (χ1v) is 6.49. The smallest absolute Gasteiger partial charge is 0.333 e. The SMILES string of the molecule is CC(=O)c1cccc(-n2c(=O)[nH]c(C)c(CC(=O)O)c2=O)c1. The maximum absolute atomic E-state index is 12.4. The number of rotatable bonds is 4. The van der Waals surface area contributed by atoms with Crippen LogP contribution in [-0.2, 0) is 11.2 Å². The number of ketones is 1. The molecule has 1 heterocycles. The third-order valence-electron chi connectivity index (χ3n) is 3.25. The van der Waals surface area contributed by atoms with Crippen LogP contribution in [0, 0.1) is 6.92 Å². The first-order chi connectivity index (χ1) is 10.3. The van der Waals surface area contributed by atoms with Crippen LogP contribution in [0.2, 0.25) is 0 Å². The zero-order valence-electron chi connectivity index (χ0n) is 12.0. The number of H-pyrrole nitrogens is 1. The van der Waals surface area contributed by atoms with Crippen LogP contribution < -0.4 is 11.2 Å². The molecule has 0 unspecified atom stereocenters. The molecule has 1 aromatic heterocycles. The van der Waals surface area contributed by atoms with Crippen molar-refractivity contribution in [1.29, 1.82) is 0 Å². The zero-order valence-corrected chi connectivity index (χ0v) is 12.0. The van der Waals surface area contributed by atoms with Crippen molar-refractivity contribution in [2.75, 3.05) is 0 Å². The number of carbonyl (C=O) groups excluding carboxylic acids is 1. The van der Waals surface area contributed by atoms with Gasteiger partial charge in [0.05, 0.1) is 12.1 Å². The van der Waals surface area contributed by atoms with E-state index in [1.165, 1.54) is 26.0 Å². The number of Topliss-reactive ketones (excluding diaryl/α,β-unsaturated/α-hetero) is 1. The Kier molecular flexibility index (Phi) is 4.07. The monoisotopic (exact) mass is 302 g/mol. The fourth-order valence-electron chi connectivity index (χ4n) is 2.14. The van der Waals surface area contributed by atoms with E-state index < -0.39 is 23.6 Å². The number of aromatic amines is 1. The van der Waals surface area contributed by atoms with Gasteiger partial charge in [-0.1, -0.05) is 12.1 Å². The Balaban J connectivity index is 2.73. The highest BCUT2D eigenvalue weighted by Gasteiger charge is 2.16. The molecule has 0 atom stereocenters. The highest BCUT2D eigenvalue weighted by Crippen LogP contribution is 2.09. The molecule has 7 nitrogen and oxygen atoms in total. The van der Waals surface area contributed by atoms with Gasteiger partial charge in [0.25, 0.3) is 5.56 Å². The molecule has 0 saturated heterocycles. The summed E-state index contributed by atoms with van der Waals surface area (Å²) in [5, 5.41) is 8.88. The standard InChI is InChI=1S/C15H14N2O5/c1-8-12(7-13(19)20)14(21)17(15(22)16-8)11-5-3-4-10(6-11)9(2)18/h3-6H,7H2,1-2H3,(H,16,22)(H,19,20). The summed E-state index contributed by atoms with van der Waals surface area (Å²) in [6.45, 7) is 2.84. The molecular formula is C15H14N2O5. The minimum absolute atomic E-state index is 0.000304. The third kappa shape index (κ3) is 2.88. The van der Waals surface area contributed by atoms with E-state index in [2.05, 4.69) is 4.98 Å². The van der Waals surface area contributed by atoms with Crippen molar-refractivity contribution in [2.45, 2.75) is 20.3 Å². The van der Waals surface area contributed by atoms with Gasteiger partial charge < -0.3 is 10.1 Å². The first-order valence-electron chi connectivity index (χ1n) is 6.49. The predicted molar refractivity (Wildman–Crippen MR) is 78.7 cm³/mol. The lowest BCUT2D eigenvalue weighted by Crippen LogP contribution is -2.37. The second kappa shape index (κ2) is 5.80. The molecule has 7 heteroatoms. The normalized spacial score (nSPS) is 10.5. The number of hydrogen-bond donors (Lipinski definition) is 2. The van der Waals surface area contributed by atoms with Gasteiger partial charge in [-0.05, 0) is 26.0 Å². The van der Waals surface area contributed by atoms with Gasteiger partial charge in [0.15, 0.2) is 5.78 Å². The number of aliphatic carboxylic acids is 1. The Morgan fingerprint density at radius 1 is 1.27 bits per heavy atom. The van der Waals surface area contributed by atoms with Gasteiger partial charge in [-0.3, -0.25) is 14.4 Å². The number of aromatic nitrogens is 2. The van der Waals surface area contributed by atoms with Crippen LogP contribution in [0.1, 0.15) is 28.5 Å². The van der Waals surface area contributed by atoms with E-state index in [1.807, 2.05) is 0 Å². The number of nitrogens with one attached hydrogen (secondary N) is 1. The number of carbonyl (C=O) groups is 2. The molecule has 0 aliphatic heterocycles. The van der Waals surface area contributed by atoms with Crippen LogP contribution in [0.15, 0.2) is 33.9 Å². The van der Waals surface area contributed by atoms with Crippen LogP contribution in [0.25, 0.3) is 5.69 Å². The molecule has 0 aliphatic rings. The van der Waals surface area contributed by atoms with Gasteiger partial charge in [0.1, 0.15) is 0 Å². The Bertz CT molecular complexity index is 876. The van der Waals surface area contributed by atoms with Crippen molar-refractivity contribution in [3.8, 4) is 5.69 Å². The summed E-state index contributed by atoms with van der Waals surface area (Å²) in [7, 11) is 0. The number of hydrogen-bond acceptors (Lipinski definition) is 4. The Labute approximate surface area is 124 Å². The van der Waals surface area contributed by atoms with Crippen molar-refractivity contribution in [2.24, 2.45) is 0 Å². The lowest BCUT2D eigenvalue weighted by atomic mass is 10.1. The summed E-state index contributed by atoms with van der Waals surface area (Å²) in [5.41, 5.74) is -0.604. The molecule has 0 saturated carbocycles. The van der Waals surface area contributed by atoms with Gasteiger partial charge >= 0.3 is 11.7 Å². The van der Waals surface area contributed by atoms with Crippen molar-refractivity contribution in [3.63, 3.8) is 0 Å². The average Bonchev–Trinajstić information content (AvgIpc) is 2.43. The van der Waals surface area contributed by atoms with Crippen LogP contribution in [-0.4, -0.2) is 26.4 Å². The minimum atomic E-state index is -1.17. The third-order valence-corrected chi connectivity index (χ3v) is 3.25. The van der Waals surface area contributed by atoms with Gasteiger partial charge in [-0.2, -0.15) is 0 Å². The van der Waals surface area contributed by atoms with Crippen LogP contribution in [0.5, 0.6) is 0 Å². The topological polar surface area (TPSA) is 109 Å². The molecule has 2 N–H and O–H groups in total. The fraction of sp³-hybridized carbons (Fsp3) is 0.200. The molecule has 0 aliphatic carbocycles. The Hall–Kier alpha value is -2.96. The average molecular weight is 302 g/mol. The van der Waals surface area contributed by atoms with Crippen LogP contribution >= 0.6 is 0 Å². The number of carboxylic acids is 1. The van der Waals surface area contributed by atoms with Crippen molar-refractivity contribution < 1.29 is 14.7 Å². The molecule has 0 radical (unpaired) electrons. The van der Waals surface area contributed by atoms with Crippen molar-refractivity contribution in [3.05, 3.63) is 61.9 Å². The van der Waals surface area contributed by atoms with Gasteiger partial charge in [-0.15, -0.1) is 0 Å². The predicted octanol–water partition coefficient (Wildman–Crippen LogP) is 0.664. The summed E-state index contributed by atoms with van der Waals surface area (Å²) in [6, 6.07) is 6.04. The maximum Gasteiger partial charge on any atom is 0.333 e. The Morgan fingerprint density at radius 2 is 1.95 bits per heavy atom. The van der Waals surface area contributed by atoms with E-state index in [4.69, 9.17) is 5.11 Å². The van der Waals surface area contributed by atoms with Gasteiger partial charge in [0.2, 0.25) is 0 Å². The van der Waals surface area contributed by atoms with Crippen molar-refractivity contribution >= 4 is 11.8 Å². The molecule has 0 fully saturated rings. The van der Waals surface area contributed by atoms with E-state index in [9.17, 15) is 19.2 Å². The molecule has 0 amide bonds. The summed E-state index contributed by atoms with van der Waals surface area (Å²) in [5.74, 6) is -1.37. The van der Waals surface area contributed by atoms with Crippen LogP contribution in [0.3, 0.4) is 0 Å². The highest BCUT2D eigenvalue weighted by atomic mass is 16.4. The lowest BCUT2D eigenvalue weighted by molar-refractivity contribution is -0.136. The van der Waals surface area contributed by atoms with E-state index >= 15 is 0 Å². The molecule has 22 heavy (non-hydrogen) atoms. The van der Waals surface area contributed by atoms with Gasteiger partial charge in [0, 0.05) is 16.8 Å². The molecule has 0 bridgehead atoms. The molecule has 1 aromatic carbocycles. The molecule has 2 rings (SSSR count). The van der Waals surface area contributed by atoms with Crippen LogP contribution in [0.4, 0.5) is 0 Å². The molecule has 0 spiro atoms. The summed E-state index contributed by atoms with van der Waals surface area (Å²) in [6.07, 6.45) is -0.492. The molecule has 2 aromatic rings. The number of aryl methyl sites for hydroxylation is 1. The summed E-state index contributed by atoms with van der Waals surface area (Å²) in [4.78, 5) is 49.2. The number of benzene rings is 1. The largest absolute Gasteiger partial charge is 0.481 e. The van der Waals surface area contributed by atoms with Gasteiger partial charge in [-0.25, -0.2) is 9.36 Å². The second-order valence-electron chi connectivity index (χ2n) is 4.85. The number of nitrogens with zero attached hydrogens (tertiary/aromatic N) is 1. The second-order valence-corrected chi connectivity index (χ2v) is 4.85. The van der Waals surface area contributed by atoms with E-state index in [1.54, 1.807) is 12.1 Å². The zero-order chi connectivity index (χ0) is 16.4. The summed E-state index contributed by atoms with van der Waals surface area (Å²) < 4.78 is 0.831. The van der Waals surface area contributed by atoms with Crippen molar-refractivity contribution in [1.82, 2.24) is 9.55 Å². The first kappa shape index (κ1) is 15.4. The van der Waals surface area contributed by atoms with E-state index in [0.29, 0.717) is 5.56 Å². The van der Waals surface area contributed by atoms with E-state index in [-0.39, 0.29) is 22.7 Å². The highest BCUT2D eigenvalue weighted by molar-refractivity contribution is 5.94.